The molecule has 0 radical (unpaired) electrons. The average molecular weight is 355 g/mol. The van der Waals surface area contributed by atoms with Gasteiger partial charge in [0.1, 0.15) is 6.54 Å². The van der Waals surface area contributed by atoms with Crippen molar-refractivity contribution in [2.24, 2.45) is 4.99 Å². The maximum atomic E-state index is 11.6. The standard InChI is InChI=1S/C16H20N3O2S.ClH/c1-11-9-13(12(2)22-11)14-5-6-18(10-17-14)7-8-19-15(20)3-4-16(19)21;/h6,9-10,14H,3-5,7-8H2,1-2H3;1H/q+1;. The topological polar surface area (TPSA) is 52.8 Å². The second-order valence-electron chi connectivity index (χ2n) is 5.74. The zero-order valence-corrected chi connectivity index (χ0v) is 15.0. The summed E-state index contributed by atoms with van der Waals surface area (Å²) < 4.78 is 1.98. The number of nitrogens with zero attached hydrogens (tertiary/aromatic N) is 3. The molecule has 0 aliphatic carbocycles. The average Bonchev–Trinajstić information content (AvgIpc) is 3.00. The number of halogens is 1. The van der Waals surface area contributed by atoms with Crippen molar-refractivity contribution in [3.63, 3.8) is 0 Å². The maximum absolute atomic E-state index is 11.6. The van der Waals surface area contributed by atoms with Crippen LogP contribution >= 0.6 is 23.7 Å². The summed E-state index contributed by atoms with van der Waals surface area (Å²) >= 11 is 1.81. The second-order valence-corrected chi connectivity index (χ2v) is 7.20. The first-order valence-electron chi connectivity index (χ1n) is 7.57. The lowest BCUT2D eigenvalue weighted by Crippen LogP contribution is -2.35. The minimum atomic E-state index is -0.0544. The lowest BCUT2D eigenvalue weighted by atomic mass is 10.1. The summed E-state index contributed by atoms with van der Waals surface area (Å²) in [6, 6.07) is 2.41. The fourth-order valence-electron chi connectivity index (χ4n) is 2.93. The maximum Gasteiger partial charge on any atom is 0.280 e. The molecule has 0 bridgehead atoms. The first-order valence-corrected chi connectivity index (χ1v) is 8.39. The number of hydrogen-bond donors (Lipinski definition) is 0. The fourth-order valence-corrected chi connectivity index (χ4v) is 3.92. The Labute approximate surface area is 146 Å². The van der Waals surface area contributed by atoms with Gasteiger partial charge in [-0.2, -0.15) is 0 Å². The van der Waals surface area contributed by atoms with Crippen LogP contribution in [-0.4, -0.2) is 46.9 Å². The Bertz CT molecular complexity index is 665. The van der Waals surface area contributed by atoms with Crippen LogP contribution in [0, 0.1) is 13.8 Å². The largest absolute Gasteiger partial charge is 0.280 e. The molecule has 2 aliphatic heterocycles. The van der Waals surface area contributed by atoms with E-state index in [0.717, 1.165) is 6.42 Å². The lowest BCUT2D eigenvalue weighted by Gasteiger charge is -2.14. The van der Waals surface area contributed by atoms with Crippen LogP contribution in [0.15, 0.2) is 11.1 Å². The highest BCUT2D eigenvalue weighted by Crippen LogP contribution is 2.30. The Morgan fingerprint density at radius 1 is 1.30 bits per heavy atom. The first kappa shape index (κ1) is 17.8. The van der Waals surface area contributed by atoms with Crippen molar-refractivity contribution in [3.05, 3.63) is 21.4 Å². The number of rotatable bonds is 4. The Morgan fingerprint density at radius 2 is 2.00 bits per heavy atom. The van der Waals surface area contributed by atoms with E-state index in [1.165, 1.54) is 20.2 Å². The van der Waals surface area contributed by atoms with Gasteiger partial charge in [0.2, 0.25) is 11.8 Å². The van der Waals surface area contributed by atoms with Crippen molar-refractivity contribution >= 4 is 48.1 Å². The van der Waals surface area contributed by atoms with Crippen molar-refractivity contribution in [2.75, 3.05) is 13.1 Å². The SMILES string of the molecule is Cc1cc(C2CC=[N+](CCN3C(=O)CCC3=O)C=N2)c(C)s1.Cl. The third-order valence-corrected chi connectivity index (χ3v) is 5.11. The van der Waals surface area contributed by atoms with Gasteiger partial charge in [0.15, 0.2) is 6.04 Å². The molecule has 0 N–H and O–H groups in total. The van der Waals surface area contributed by atoms with Crippen LogP contribution in [0.5, 0.6) is 0 Å². The smallest absolute Gasteiger partial charge is 0.279 e. The molecule has 1 atom stereocenters. The predicted molar refractivity (Wildman–Crippen MR) is 94.0 cm³/mol. The normalized spacial score (nSPS) is 20.7. The number of aryl methyl sites for hydroxylation is 2. The van der Waals surface area contributed by atoms with Gasteiger partial charge in [-0.15, -0.1) is 23.7 Å². The molecule has 3 heterocycles. The summed E-state index contributed by atoms with van der Waals surface area (Å²) in [6.45, 7) is 5.32. The summed E-state index contributed by atoms with van der Waals surface area (Å²) in [6.07, 6.45) is 5.50. The van der Waals surface area contributed by atoms with E-state index in [-0.39, 0.29) is 30.3 Å². The molecule has 1 aromatic rings. The van der Waals surface area contributed by atoms with E-state index in [2.05, 4.69) is 31.1 Å². The second kappa shape index (κ2) is 7.36. The highest BCUT2D eigenvalue weighted by Gasteiger charge is 2.29. The predicted octanol–water partition coefficient (Wildman–Crippen LogP) is 2.49. The molecule has 1 unspecified atom stereocenters. The van der Waals surface area contributed by atoms with Gasteiger partial charge >= 0.3 is 0 Å². The molecule has 2 aliphatic rings. The van der Waals surface area contributed by atoms with E-state index in [1.807, 2.05) is 22.3 Å². The lowest BCUT2D eigenvalue weighted by molar-refractivity contribution is -0.396. The van der Waals surface area contributed by atoms with Gasteiger partial charge in [0, 0.05) is 28.2 Å². The van der Waals surface area contributed by atoms with Crippen LogP contribution in [0.1, 0.15) is 40.6 Å². The van der Waals surface area contributed by atoms with E-state index < -0.39 is 0 Å². The number of hydrogen-bond acceptors (Lipinski definition) is 4. The molecule has 23 heavy (non-hydrogen) atoms. The Morgan fingerprint density at radius 3 is 2.52 bits per heavy atom. The van der Waals surface area contributed by atoms with Crippen LogP contribution in [0.2, 0.25) is 0 Å². The number of likely N-dealkylation sites (tertiary alicyclic amines) is 1. The van der Waals surface area contributed by atoms with E-state index in [4.69, 9.17) is 0 Å². The molecule has 1 fully saturated rings. The minimum absolute atomic E-state index is 0. The molecule has 7 heteroatoms. The summed E-state index contributed by atoms with van der Waals surface area (Å²) in [4.78, 5) is 31.8. The van der Waals surface area contributed by atoms with Crippen LogP contribution in [-0.2, 0) is 9.59 Å². The number of carbonyl (C=O) groups excluding carboxylic acids is 2. The van der Waals surface area contributed by atoms with Gasteiger partial charge in [-0.05, 0) is 19.9 Å². The van der Waals surface area contributed by atoms with Gasteiger partial charge < -0.3 is 0 Å². The molecule has 1 aromatic heterocycles. The van der Waals surface area contributed by atoms with Gasteiger partial charge in [-0.1, -0.05) is 4.99 Å². The van der Waals surface area contributed by atoms with Gasteiger partial charge in [-0.25, -0.2) is 4.58 Å². The van der Waals surface area contributed by atoms with E-state index in [9.17, 15) is 9.59 Å². The fraction of sp³-hybridized carbons (Fsp3) is 0.500. The monoisotopic (exact) mass is 354 g/mol. The number of carbonyl (C=O) groups is 2. The molecular weight excluding hydrogens is 334 g/mol. The number of thiophene rings is 1. The molecule has 5 nitrogen and oxygen atoms in total. The Hall–Kier alpha value is -1.53. The highest BCUT2D eigenvalue weighted by atomic mass is 35.5. The summed E-state index contributed by atoms with van der Waals surface area (Å²) in [5.41, 5.74) is 1.31. The summed E-state index contributed by atoms with van der Waals surface area (Å²) in [7, 11) is 0. The Kier molecular flexibility index (Phi) is 5.70. The van der Waals surface area contributed by atoms with Gasteiger partial charge in [0.05, 0.1) is 19.2 Å². The molecule has 124 valence electrons. The Balaban J connectivity index is 0.00000192. The van der Waals surface area contributed by atoms with E-state index >= 15 is 0 Å². The number of imide groups is 1. The van der Waals surface area contributed by atoms with E-state index in [1.54, 1.807) is 0 Å². The van der Waals surface area contributed by atoms with Gasteiger partial charge in [0.25, 0.3) is 6.34 Å². The van der Waals surface area contributed by atoms with Crippen LogP contribution in [0.4, 0.5) is 0 Å². The molecule has 0 aromatic carbocycles. The van der Waals surface area contributed by atoms with Crippen molar-refractivity contribution in [1.29, 1.82) is 0 Å². The molecule has 0 saturated carbocycles. The zero-order chi connectivity index (χ0) is 15.7. The van der Waals surface area contributed by atoms with Crippen LogP contribution < -0.4 is 0 Å². The third-order valence-electron chi connectivity index (χ3n) is 4.13. The highest BCUT2D eigenvalue weighted by molar-refractivity contribution is 7.12. The van der Waals surface area contributed by atoms with E-state index in [0.29, 0.717) is 25.9 Å². The van der Waals surface area contributed by atoms with Crippen LogP contribution in [0.25, 0.3) is 0 Å². The molecule has 1 saturated heterocycles. The molecule has 2 amide bonds. The third kappa shape index (κ3) is 3.87. The first-order chi connectivity index (χ1) is 10.5. The van der Waals surface area contributed by atoms with Crippen molar-refractivity contribution in [3.8, 4) is 0 Å². The quantitative estimate of drug-likeness (QED) is 0.616. The van der Waals surface area contributed by atoms with Crippen molar-refractivity contribution in [2.45, 2.75) is 39.2 Å². The number of aliphatic imine (C=N–C) groups is 1. The summed E-state index contributed by atoms with van der Waals surface area (Å²) in [5, 5.41) is 0. The van der Waals surface area contributed by atoms with Crippen molar-refractivity contribution in [1.82, 2.24) is 4.90 Å². The number of amides is 2. The molecular formula is C16H21ClN3O2S+. The molecule has 0 spiro atoms. The zero-order valence-electron chi connectivity index (χ0n) is 13.3. The minimum Gasteiger partial charge on any atom is -0.279 e. The summed E-state index contributed by atoms with van der Waals surface area (Å²) in [5.74, 6) is -0.109. The van der Waals surface area contributed by atoms with Crippen molar-refractivity contribution < 1.29 is 14.2 Å². The molecule has 3 rings (SSSR count). The van der Waals surface area contributed by atoms with Gasteiger partial charge in [-0.3, -0.25) is 14.5 Å². The van der Waals surface area contributed by atoms with Crippen LogP contribution in [0.3, 0.4) is 0 Å².